The number of likely N-dealkylation sites (tertiary alicyclic amines) is 1. The number of benzene rings is 1. The summed E-state index contributed by atoms with van der Waals surface area (Å²) in [6, 6.07) is 5.24. The smallest absolute Gasteiger partial charge is 0.225 e. The molecule has 1 N–H and O–H groups in total. The van der Waals surface area contributed by atoms with E-state index in [9.17, 15) is 9.18 Å². The lowest BCUT2D eigenvalue weighted by atomic mass is 9.94. The molecule has 1 atom stereocenters. The van der Waals surface area contributed by atoms with Gasteiger partial charge in [0.2, 0.25) is 5.91 Å². The van der Waals surface area contributed by atoms with Gasteiger partial charge >= 0.3 is 0 Å². The lowest BCUT2D eigenvalue weighted by Gasteiger charge is -2.34. The molecule has 5 heteroatoms. The van der Waals surface area contributed by atoms with Gasteiger partial charge < -0.3 is 10.1 Å². The highest BCUT2D eigenvalue weighted by atomic mass is 19.1. The third-order valence-corrected chi connectivity index (χ3v) is 4.14. The van der Waals surface area contributed by atoms with Crippen LogP contribution in [0.1, 0.15) is 39.2 Å². The summed E-state index contributed by atoms with van der Waals surface area (Å²) in [6.07, 6.45) is 2.03. The Balaban J connectivity index is 1.94. The number of carbonyl (C=O) groups excluding carboxylic acids is 1. The Morgan fingerprint density at radius 1 is 1.43 bits per heavy atom. The van der Waals surface area contributed by atoms with Crippen LogP contribution in [0.25, 0.3) is 0 Å². The van der Waals surface area contributed by atoms with E-state index in [0.29, 0.717) is 6.54 Å². The summed E-state index contributed by atoms with van der Waals surface area (Å²) in [6.45, 7) is 8.21. The molecular formula is C18H27FN2O2. The Labute approximate surface area is 138 Å². The topological polar surface area (TPSA) is 41.6 Å². The third kappa shape index (κ3) is 4.93. The Morgan fingerprint density at radius 2 is 2.17 bits per heavy atom. The molecule has 1 aliphatic rings. The monoisotopic (exact) mass is 322 g/mol. The number of hydrogen-bond acceptors (Lipinski definition) is 3. The predicted molar refractivity (Wildman–Crippen MR) is 88.8 cm³/mol. The Bertz CT molecular complexity index is 554. The van der Waals surface area contributed by atoms with Crippen LogP contribution < -0.4 is 10.1 Å². The standard InChI is InChI=1S/C18H27FN2O2/c1-18(2,3)17(22)20-14-6-5-9-21(12-14)11-13-7-8-16(23-4)15(19)10-13/h7-8,10,14H,5-6,9,11-12H2,1-4H3,(H,20,22). The highest BCUT2D eigenvalue weighted by molar-refractivity contribution is 5.81. The average molecular weight is 322 g/mol. The van der Waals surface area contributed by atoms with E-state index in [2.05, 4.69) is 10.2 Å². The number of methoxy groups -OCH3 is 1. The largest absolute Gasteiger partial charge is 0.494 e. The quantitative estimate of drug-likeness (QED) is 0.926. The van der Waals surface area contributed by atoms with Crippen LogP contribution in [0.3, 0.4) is 0 Å². The molecule has 1 amide bonds. The van der Waals surface area contributed by atoms with Gasteiger partial charge in [0.05, 0.1) is 7.11 Å². The zero-order chi connectivity index (χ0) is 17.0. The summed E-state index contributed by atoms with van der Waals surface area (Å²) in [5, 5.41) is 3.13. The molecule has 1 aliphatic heterocycles. The molecule has 0 aromatic heterocycles. The summed E-state index contributed by atoms with van der Waals surface area (Å²) < 4.78 is 18.7. The first-order valence-corrected chi connectivity index (χ1v) is 8.15. The summed E-state index contributed by atoms with van der Waals surface area (Å²) in [5.41, 5.74) is 0.549. The van der Waals surface area contributed by atoms with Crippen molar-refractivity contribution in [1.29, 1.82) is 0 Å². The molecule has 23 heavy (non-hydrogen) atoms. The lowest BCUT2D eigenvalue weighted by molar-refractivity contribution is -0.129. The summed E-state index contributed by atoms with van der Waals surface area (Å²) in [7, 11) is 1.46. The molecule has 1 heterocycles. The second-order valence-electron chi connectivity index (χ2n) is 7.27. The first-order valence-electron chi connectivity index (χ1n) is 8.15. The molecule has 2 rings (SSSR count). The van der Waals surface area contributed by atoms with Crippen molar-refractivity contribution in [1.82, 2.24) is 10.2 Å². The van der Waals surface area contributed by atoms with Gasteiger partial charge in [-0.2, -0.15) is 0 Å². The van der Waals surface area contributed by atoms with Crippen LogP contribution in [0.2, 0.25) is 0 Å². The maximum atomic E-state index is 13.8. The van der Waals surface area contributed by atoms with Crippen LogP contribution in [0.15, 0.2) is 18.2 Å². The lowest BCUT2D eigenvalue weighted by Crippen LogP contribution is -2.50. The minimum absolute atomic E-state index is 0.0832. The van der Waals surface area contributed by atoms with Crippen molar-refractivity contribution in [3.8, 4) is 5.75 Å². The van der Waals surface area contributed by atoms with Gasteiger partial charge in [-0.1, -0.05) is 26.8 Å². The third-order valence-electron chi connectivity index (χ3n) is 4.14. The number of nitrogens with zero attached hydrogens (tertiary/aromatic N) is 1. The van der Waals surface area contributed by atoms with Crippen molar-refractivity contribution < 1.29 is 13.9 Å². The Kier molecular flexibility index (Phi) is 5.63. The predicted octanol–water partition coefficient (Wildman–Crippen LogP) is 2.96. The van der Waals surface area contributed by atoms with E-state index in [0.717, 1.165) is 31.5 Å². The summed E-state index contributed by atoms with van der Waals surface area (Å²) in [5.74, 6) is 0.0159. The molecule has 4 nitrogen and oxygen atoms in total. The van der Waals surface area contributed by atoms with E-state index in [-0.39, 0.29) is 28.9 Å². The summed E-state index contributed by atoms with van der Waals surface area (Å²) >= 11 is 0. The second-order valence-corrected chi connectivity index (χ2v) is 7.27. The SMILES string of the molecule is COc1ccc(CN2CCCC(NC(=O)C(C)(C)C)C2)cc1F. The first kappa shape index (κ1) is 17.7. The minimum Gasteiger partial charge on any atom is -0.494 e. The zero-order valence-corrected chi connectivity index (χ0v) is 14.5. The van der Waals surface area contributed by atoms with Crippen LogP contribution in [0, 0.1) is 11.2 Å². The van der Waals surface area contributed by atoms with Crippen molar-refractivity contribution in [2.75, 3.05) is 20.2 Å². The van der Waals surface area contributed by atoms with Crippen molar-refractivity contribution in [2.24, 2.45) is 5.41 Å². The maximum absolute atomic E-state index is 13.8. The van der Waals surface area contributed by atoms with Crippen LogP contribution in [0.5, 0.6) is 5.75 Å². The Hall–Kier alpha value is -1.62. The molecule has 1 aromatic rings. The molecule has 0 radical (unpaired) electrons. The number of amides is 1. The number of halogens is 1. The van der Waals surface area contributed by atoms with E-state index >= 15 is 0 Å². The molecule has 1 saturated heterocycles. The molecule has 0 aliphatic carbocycles. The highest BCUT2D eigenvalue weighted by Gasteiger charge is 2.27. The van der Waals surface area contributed by atoms with E-state index in [4.69, 9.17) is 4.74 Å². The van der Waals surface area contributed by atoms with Crippen molar-refractivity contribution in [3.63, 3.8) is 0 Å². The molecule has 1 unspecified atom stereocenters. The fourth-order valence-electron chi connectivity index (χ4n) is 2.79. The van der Waals surface area contributed by atoms with Gasteiger partial charge in [0.25, 0.3) is 0 Å². The zero-order valence-electron chi connectivity index (χ0n) is 14.5. The van der Waals surface area contributed by atoms with Crippen LogP contribution >= 0.6 is 0 Å². The van der Waals surface area contributed by atoms with Crippen molar-refractivity contribution >= 4 is 5.91 Å². The number of ether oxygens (including phenoxy) is 1. The minimum atomic E-state index is -0.374. The highest BCUT2D eigenvalue weighted by Crippen LogP contribution is 2.21. The molecule has 128 valence electrons. The van der Waals surface area contributed by atoms with Crippen LogP contribution in [0.4, 0.5) is 4.39 Å². The second kappa shape index (κ2) is 7.30. The molecule has 1 aromatic carbocycles. The van der Waals surface area contributed by atoms with Gasteiger partial charge in [-0.3, -0.25) is 9.69 Å². The van der Waals surface area contributed by atoms with Gasteiger partial charge in [0, 0.05) is 24.5 Å². The van der Waals surface area contributed by atoms with Crippen molar-refractivity contribution in [3.05, 3.63) is 29.6 Å². The van der Waals surface area contributed by atoms with Gasteiger partial charge in [0.1, 0.15) is 0 Å². The number of carbonyl (C=O) groups is 1. The average Bonchev–Trinajstić information content (AvgIpc) is 2.47. The van der Waals surface area contributed by atoms with Crippen LogP contribution in [-0.2, 0) is 11.3 Å². The fourth-order valence-corrected chi connectivity index (χ4v) is 2.79. The molecule has 0 bridgehead atoms. The number of piperidine rings is 1. The van der Waals surface area contributed by atoms with Gasteiger partial charge in [-0.05, 0) is 37.1 Å². The molecular weight excluding hydrogens is 295 g/mol. The van der Waals surface area contributed by atoms with E-state index in [1.807, 2.05) is 26.8 Å². The Morgan fingerprint density at radius 3 is 2.78 bits per heavy atom. The molecule has 1 fully saturated rings. The van der Waals surface area contributed by atoms with Gasteiger partial charge in [-0.25, -0.2) is 4.39 Å². The van der Waals surface area contributed by atoms with E-state index < -0.39 is 0 Å². The number of hydrogen-bond donors (Lipinski definition) is 1. The van der Waals surface area contributed by atoms with Crippen molar-refractivity contribution in [2.45, 2.75) is 46.2 Å². The van der Waals surface area contributed by atoms with E-state index in [1.165, 1.54) is 13.2 Å². The molecule has 0 saturated carbocycles. The maximum Gasteiger partial charge on any atom is 0.225 e. The number of nitrogens with one attached hydrogen (secondary N) is 1. The first-order chi connectivity index (χ1) is 10.8. The fraction of sp³-hybridized carbons (Fsp3) is 0.611. The summed E-state index contributed by atoms with van der Waals surface area (Å²) in [4.78, 5) is 14.4. The van der Waals surface area contributed by atoms with Gasteiger partial charge in [0.15, 0.2) is 11.6 Å². The molecule has 0 spiro atoms. The van der Waals surface area contributed by atoms with Gasteiger partial charge in [-0.15, -0.1) is 0 Å². The van der Waals surface area contributed by atoms with Crippen LogP contribution in [-0.4, -0.2) is 37.0 Å². The van der Waals surface area contributed by atoms with E-state index in [1.54, 1.807) is 6.07 Å². The normalized spacial score (nSPS) is 19.4. The number of rotatable bonds is 4.